The Morgan fingerprint density at radius 1 is 1.20 bits per heavy atom. The number of aryl methyl sites for hydroxylation is 2. The second-order valence-electron chi connectivity index (χ2n) is 6.85. The molecular weight excluding hydrogens is 312 g/mol. The molecule has 1 fully saturated rings. The third kappa shape index (κ3) is 3.02. The molecule has 0 bridgehead atoms. The fraction of sp³-hybridized carbons (Fsp3) is 0.350. The number of benzene rings is 1. The van der Waals surface area contributed by atoms with Gasteiger partial charge in [0.05, 0.1) is 5.52 Å². The standard InChI is InChI=1S/C20H22N4O/c1-14-11-21-15(2)24(14)13-16-9-10-23(12-16)20(25)19-8-7-17-5-3-4-6-18(17)22-19/h3-8,11,16H,9-10,12-13H2,1-2H3. The van der Waals surface area contributed by atoms with Crippen molar-refractivity contribution in [1.29, 1.82) is 0 Å². The zero-order chi connectivity index (χ0) is 17.4. The zero-order valence-corrected chi connectivity index (χ0v) is 14.6. The zero-order valence-electron chi connectivity index (χ0n) is 14.6. The third-order valence-corrected chi connectivity index (χ3v) is 5.09. The number of para-hydroxylation sites is 1. The summed E-state index contributed by atoms with van der Waals surface area (Å²) in [6.45, 7) is 6.61. The number of amides is 1. The first-order valence-electron chi connectivity index (χ1n) is 8.75. The van der Waals surface area contributed by atoms with E-state index >= 15 is 0 Å². The molecule has 1 unspecified atom stereocenters. The number of nitrogens with zero attached hydrogens (tertiary/aromatic N) is 4. The van der Waals surface area contributed by atoms with Crippen molar-refractivity contribution in [3.05, 3.63) is 59.8 Å². The Kier molecular flexibility index (Phi) is 3.99. The van der Waals surface area contributed by atoms with Crippen LogP contribution in [0.1, 0.15) is 28.4 Å². The number of aromatic nitrogens is 3. The van der Waals surface area contributed by atoms with E-state index in [9.17, 15) is 4.79 Å². The molecule has 25 heavy (non-hydrogen) atoms. The maximum atomic E-state index is 12.8. The maximum Gasteiger partial charge on any atom is 0.272 e. The molecule has 1 aromatic carbocycles. The molecule has 3 aromatic rings. The molecule has 0 N–H and O–H groups in total. The van der Waals surface area contributed by atoms with Gasteiger partial charge < -0.3 is 9.47 Å². The molecule has 3 heterocycles. The van der Waals surface area contributed by atoms with Crippen molar-refractivity contribution in [3.63, 3.8) is 0 Å². The Morgan fingerprint density at radius 3 is 2.84 bits per heavy atom. The summed E-state index contributed by atoms with van der Waals surface area (Å²) in [5, 5.41) is 1.06. The Balaban J connectivity index is 1.48. The van der Waals surface area contributed by atoms with Gasteiger partial charge in [-0.1, -0.05) is 24.3 Å². The topological polar surface area (TPSA) is 51.0 Å². The summed E-state index contributed by atoms with van der Waals surface area (Å²) in [5.74, 6) is 1.54. The lowest BCUT2D eigenvalue weighted by Gasteiger charge is -2.17. The number of hydrogen-bond donors (Lipinski definition) is 0. The largest absolute Gasteiger partial charge is 0.337 e. The van der Waals surface area contributed by atoms with Gasteiger partial charge in [-0.2, -0.15) is 0 Å². The fourth-order valence-corrected chi connectivity index (χ4v) is 3.63. The number of pyridine rings is 1. The van der Waals surface area contributed by atoms with E-state index in [0.717, 1.165) is 42.8 Å². The summed E-state index contributed by atoms with van der Waals surface area (Å²) in [6.07, 6.45) is 2.93. The van der Waals surface area contributed by atoms with Crippen LogP contribution in [0.25, 0.3) is 10.9 Å². The number of carbonyl (C=O) groups excluding carboxylic acids is 1. The van der Waals surface area contributed by atoms with Gasteiger partial charge >= 0.3 is 0 Å². The lowest BCUT2D eigenvalue weighted by atomic mass is 10.1. The quantitative estimate of drug-likeness (QED) is 0.739. The molecule has 2 aromatic heterocycles. The summed E-state index contributed by atoms with van der Waals surface area (Å²) in [7, 11) is 0. The Hall–Kier alpha value is -2.69. The Morgan fingerprint density at radius 2 is 2.04 bits per heavy atom. The molecule has 128 valence electrons. The fourth-order valence-electron chi connectivity index (χ4n) is 3.63. The first-order valence-corrected chi connectivity index (χ1v) is 8.75. The molecule has 1 atom stereocenters. The lowest BCUT2D eigenvalue weighted by molar-refractivity contribution is 0.0780. The highest BCUT2D eigenvalue weighted by Crippen LogP contribution is 2.22. The molecule has 0 spiro atoms. The normalized spacial score (nSPS) is 17.4. The molecule has 0 radical (unpaired) electrons. The van der Waals surface area contributed by atoms with Gasteiger partial charge in [0.25, 0.3) is 5.91 Å². The van der Waals surface area contributed by atoms with Gasteiger partial charge in [-0.25, -0.2) is 9.97 Å². The molecule has 1 aliphatic rings. The molecule has 1 amide bonds. The Labute approximate surface area is 147 Å². The van der Waals surface area contributed by atoms with Crippen LogP contribution in [0.15, 0.2) is 42.6 Å². The molecular formula is C20H22N4O. The second kappa shape index (κ2) is 6.31. The predicted octanol–water partition coefficient (Wildman–Crippen LogP) is 3.21. The van der Waals surface area contributed by atoms with E-state index in [1.165, 1.54) is 5.69 Å². The molecule has 5 nitrogen and oxygen atoms in total. The van der Waals surface area contributed by atoms with Gasteiger partial charge in [-0.15, -0.1) is 0 Å². The van der Waals surface area contributed by atoms with Crippen molar-refractivity contribution in [1.82, 2.24) is 19.4 Å². The van der Waals surface area contributed by atoms with Crippen LogP contribution in [0.3, 0.4) is 0 Å². The molecule has 5 heteroatoms. The van der Waals surface area contributed by atoms with E-state index < -0.39 is 0 Å². The van der Waals surface area contributed by atoms with Crippen molar-refractivity contribution in [2.75, 3.05) is 13.1 Å². The van der Waals surface area contributed by atoms with Gasteiger partial charge in [0.1, 0.15) is 11.5 Å². The van der Waals surface area contributed by atoms with Crippen LogP contribution >= 0.6 is 0 Å². The summed E-state index contributed by atoms with van der Waals surface area (Å²) in [4.78, 5) is 23.7. The van der Waals surface area contributed by atoms with E-state index in [1.807, 2.05) is 54.4 Å². The predicted molar refractivity (Wildman–Crippen MR) is 97.5 cm³/mol. The number of hydrogen-bond acceptors (Lipinski definition) is 3. The van der Waals surface area contributed by atoms with Crippen molar-refractivity contribution in [2.24, 2.45) is 5.92 Å². The smallest absolute Gasteiger partial charge is 0.272 e. The SMILES string of the molecule is Cc1cnc(C)n1CC1CCN(C(=O)c2ccc3ccccc3n2)C1. The van der Waals surface area contributed by atoms with Crippen LogP contribution in [0.4, 0.5) is 0 Å². The van der Waals surface area contributed by atoms with Gasteiger partial charge in [0.15, 0.2) is 0 Å². The maximum absolute atomic E-state index is 12.8. The number of rotatable bonds is 3. The van der Waals surface area contributed by atoms with Crippen LogP contribution < -0.4 is 0 Å². The highest BCUT2D eigenvalue weighted by atomic mass is 16.2. The number of fused-ring (bicyclic) bond motifs is 1. The Bertz CT molecular complexity index is 911. The molecule has 1 aliphatic heterocycles. The first-order chi connectivity index (χ1) is 12.1. The van der Waals surface area contributed by atoms with E-state index in [4.69, 9.17) is 0 Å². The highest BCUT2D eigenvalue weighted by molar-refractivity contribution is 5.95. The minimum absolute atomic E-state index is 0.0346. The lowest BCUT2D eigenvalue weighted by Crippen LogP contribution is -2.30. The molecule has 4 rings (SSSR count). The van der Waals surface area contributed by atoms with Crippen molar-refractivity contribution in [3.8, 4) is 0 Å². The first kappa shape index (κ1) is 15.8. The van der Waals surface area contributed by atoms with Crippen LogP contribution in [-0.2, 0) is 6.54 Å². The average Bonchev–Trinajstić information content (AvgIpc) is 3.23. The number of imidazole rings is 1. The summed E-state index contributed by atoms with van der Waals surface area (Å²) < 4.78 is 2.24. The number of likely N-dealkylation sites (tertiary alicyclic amines) is 1. The van der Waals surface area contributed by atoms with E-state index in [2.05, 4.69) is 21.5 Å². The summed E-state index contributed by atoms with van der Waals surface area (Å²) in [5.41, 5.74) is 2.58. The van der Waals surface area contributed by atoms with Crippen LogP contribution in [0.2, 0.25) is 0 Å². The van der Waals surface area contributed by atoms with Gasteiger partial charge in [0.2, 0.25) is 0 Å². The van der Waals surface area contributed by atoms with E-state index in [0.29, 0.717) is 11.6 Å². The molecule has 0 aliphatic carbocycles. The van der Waals surface area contributed by atoms with E-state index in [1.54, 1.807) is 0 Å². The third-order valence-electron chi connectivity index (χ3n) is 5.09. The monoisotopic (exact) mass is 334 g/mol. The van der Waals surface area contributed by atoms with Crippen molar-refractivity contribution >= 4 is 16.8 Å². The van der Waals surface area contributed by atoms with E-state index in [-0.39, 0.29) is 5.91 Å². The van der Waals surface area contributed by atoms with Crippen LogP contribution in [0, 0.1) is 19.8 Å². The van der Waals surface area contributed by atoms with Gasteiger partial charge in [-0.3, -0.25) is 4.79 Å². The van der Waals surface area contributed by atoms with Crippen LogP contribution in [0.5, 0.6) is 0 Å². The van der Waals surface area contributed by atoms with Gasteiger partial charge in [0, 0.05) is 36.9 Å². The molecule has 1 saturated heterocycles. The summed E-state index contributed by atoms with van der Waals surface area (Å²) >= 11 is 0. The van der Waals surface area contributed by atoms with Crippen molar-refractivity contribution < 1.29 is 4.79 Å². The van der Waals surface area contributed by atoms with Gasteiger partial charge in [-0.05, 0) is 38.3 Å². The minimum Gasteiger partial charge on any atom is -0.337 e. The van der Waals surface area contributed by atoms with Crippen molar-refractivity contribution in [2.45, 2.75) is 26.8 Å². The number of carbonyl (C=O) groups is 1. The average molecular weight is 334 g/mol. The molecule has 0 saturated carbocycles. The highest BCUT2D eigenvalue weighted by Gasteiger charge is 2.28. The second-order valence-corrected chi connectivity index (χ2v) is 6.85. The minimum atomic E-state index is 0.0346. The van der Waals surface area contributed by atoms with Crippen LogP contribution in [-0.4, -0.2) is 38.4 Å². The summed E-state index contributed by atoms with van der Waals surface area (Å²) in [6, 6.07) is 11.7.